The summed E-state index contributed by atoms with van der Waals surface area (Å²) in [6.45, 7) is 0. The molecule has 0 aliphatic heterocycles. The maximum atomic E-state index is 6.24. The van der Waals surface area contributed by atoms with E-state index in [0.29, 0.717) is 5.82 Å². The van der Waals surface area contributed by atoms with Crippen LogP contribution in [-0.4, -0.2) is 25.0 Å². The molecule has 0 N–H and O–H groups in total. The number of hydrogen-bond acceptors (Lipinski definition) is 5. The number of para-hydroxylation sites is 3. The Labute approximate surface area is 262 Å². The van der Waals surface area contributed by atoms with Crippen molar-refractivity contribution in [3.63, 3.8) is 0 Å². The molecular formula is C40H23N5O. The highest BCUT2D eigenvalue weighted by atomic mass is 16.3. The molecule has 3 aromatic heterocycles. The smallest absolute Gasteiger partial charge is 0.160 e. The lowest BCUT2D eigenvalue weighted by atomic mass is 9.98. The van der Waals surface area contributed by atoms with E-state index in [-0.39, 0.29) is 0 Å². The minimum absolute atomic E-state index is 0.664. The maximum absolute atomic E-state index is 6.24. The maximum Gasteiger partial charge on any atom is 0.160 e. The Bertz CT molecular complexity index is 2820. The highest BCUT2D eigenvalue weighted by Gasteiger charge is 2.18. The first-order valence-corrected chi connectivity index (χ1v) is 15.2. The zero-order chi connectivity index (χ0) is 30.2. The van der Waals surface area contributed by atoms with Gasteiger partial charge in [0.2, 0.25) is 0 Å². The molecule has 10 rings (SSSR count). The van der Waals surface area contributed by atoms with E-state index in [2.05, 4.69) is 60.7 Å². The van der Waals surface area contributed by atoms with Crippen molar-refractivity contribution in [1.29, 1.82) is 0 Å². The Balaban J connectivity index is 1.23. The number of benzene rings is 7. The van der Waals surface area contributed by atoms with Gasteiger partial charge in [-0.1, -0.05) is 97.1 Å². The third-order valence-electron chi connectivity index (χ3n) is 8.86. The number of fused-ring (bicyclic) bond motifs is 9. The second-order valence-corrected chi connectivity index (χ2v) is 11.5. The molecule has 0 aliphatic rings. The summed E-state index contributed by atoms with van der Waals surface area (Å²) >= 11 is 0. The third-order valence-corrected chi connectivity index (χ3v) is 8.86. The van der Waals surface area contributed by atoms with Gasteiger partial charge in [0.25, 0.3) is 0 Å². The molecule has 0 unspecified atom stereocenters. The monoisotopic (exact) mass is 589 g/mol. The van der Waals surface area contributed by atoms with Crippen molar-refractivity contribution in [3.05, 3.63) is 140 Å². The molecule has 0 amide bonds. The zero-order valence-electron chi connectivity index (χ0n) is 24.4. The van der Waals surface area contributed by atoms with Crippen molar-refractivity contribution in [2.45, 2.75) is 0 Å². The van der Waals surface area contributed by atoms with Gasteiger partial charge in [-0.3, -0.25) is 0 Å². The summed E-state index contributed by atoms with van der Waals surface area (Å²) in [5.74, 6) is 0.664. The molecule has 0 radical (unpaired) electrons. The Morgan fingerprint density at radius 1 is 0.500 bits per heavy atom. The van der Waals surface area contributed by atoms with E-state index in [4.69, 9.17) is 24.6 Å². The molecular weight excluding hydrogens is 566 g/mol. The average Bonchev–Trinajstić information content (AvgIpc) is 3.73. The van der Waals surface area contributed by atoms with Gasteiger partial charge in [-0.15, -0.1) is 10.2 Å². The largest absolute Gasteiger partial charge is 0.456 e. The van der Waals surface area contributed by atoms with Gasteiger partial charge in [-0.25, -0.2) is 9.97 Å². The topological polar surface area (TPSA) is 69.6 Å². The van der Waals surface area contributed by atoms with Crippen LogP contribution in [-0.2, 0) is 0 Å². The van der Waals surface area contributed by atoms with Crippen LogP contribution in [0.25, 0.3) is 93.8 Å². The second kappa shape index (κ2) is 9.55. The van der Waals surface area contributed by atoms with Crippen molar-refractivity contribution >= 4 is 65.4 Å². The molecule has 10 aromatic rings. The van der Waals surface area contributed by atoms with E-state index >= 15 is 0 Å². The first-order valence-electron chi connectivity index (χ1n) is 15.2. The predicted molar refractivity (Wildman–Crippen MR) is 185 cm³/mol. The Morgan fingerprint density at radius 2 is 1.26 bits per heavy atom. The normalized spacial score (nSPS) is 11.9. The van der Waals surface area contributed by atoms with Gasteiger partial charge in [-0.2, -0.15) is 4.80 Å². The number of rotatable bonds is 3. The van der Waals surface area contributed by atoms with Gasteiger partial charge in [0, 0.05) is 32.7 Å². The van der Waals surface area contributed by atoms with Crippen LogP contribution in [0.15, 0.2) is 144 Å². The molecule has 6 nitrogen and oxygen atoms in total. The molecule has 46 heavy (non-hydrogen) atoms. The SMILES string of the molecule is c1ccc(-n2nc3ccc4ccc5ccc(-c6nc(-c7cccc8oc9ccccc9c78)c7ccccc7n6)cc5c4c3n2)cc1. The van der Waals surface area contributed by atoms with E-state index in [9.17, 15) is 0 Å². The van der Waals surface area contributed by atoms with Crippen LogP contribution in [0.5, 0.6) is 0 Å². The van der Waals surface area contributed by atoms with Crippen LogP contribution in [0.1, 0.15) is 0 Å². The lowest BCUT2D eigenvalue weighted by Gasteiger charge is -2.11. The second-order valence-electron chi connectivity index (χ2n) is 11.5. The Morgan fingerprint density at radius 3 is 2.20 bits per heavy atom. The summed E-state index contributed by atoms with van der Waals surface area (Å²) in [4.78, 5) is 12.1. The standard InChI is InChI=1S/C40H23N5O/c1-2-9-27(10-3-1)45-43-33-22-21-25-19-17-24-18-20-26(23-31(24)36(25)39(33)44-45)40-41-32-14-6-4-11-28(32)38(42-40)30-13-8-16-35-37(30)29-12-5-7-15-34(29)46-35/h1-23H. The van der Waals surface area contributed by atoms with E-state index < -0.39 is 0 Å². The minimum Gasteiger partial charge on any atom is -0.456 e. The fraction of sp³-hybridized carbons (Fsp3) is 0. The summed E-state index contributed by atoms with van der Waals surface area (Å²) in [7, 11) is 0. The minimum atomic E-state index is 0.664. The predicted octanol–water partition coefficient (Wildman–Crippen LogP) is 9.90. The summed E-state index contributed by atoms with van der Waals surface area (Å²) < 4.78 is 6.24. The molecule has 0 aliphatic carbocycles. The quantitative estimate of drug-likeness (QED) is 0.192. The molecule has 0 atom stereocenters. The highest BCUT2D eigenvalue weighted by molar-refractivity contribution is 6.19. The molecule has 214 valence electrons. The molecule has 0 bridgehead atoms. The lowest BCUT2D eigenvalue weighted by molar-refractivity contribution is 0.669. The van der Waals surface area contributed by atoms with Crippen molar-refractivity contribution in [3.8, 4) is 28.3 Å². The number of furan rings is 1. The first kappa shape index (κ1) is 25.0. The highest BCUT2D eigenvalue weighted by Crippen LogP contribution is 2.39. The summed E-state index contributed by atoms with van der Waals surface area (Å²) in [5, 5.41) is 17.3. The number of aromatic nitrogens is 5. The van der Waals surface area contributed by atoms with Gasteiger partial charge in [-0.05, 0) is 58.6 Å². The summed E-state index contributed by atoms with van der Waals surface area (Å²) in [6, 6.07) is 47.5. The number of hydrogen-bond donors (Lipinski definition) is 0. The van der Waals surface area contributed by atoms with Crippen LogP contribution in [0.2, 0.25) is 0 Å². The van der Waals surface area contributed by atoms with E-state index in [1.54, 1.807) is 4.80 Å². The fourth-order valence-electron chi connectivity index (χ4n) is 6.72. The zero-order valence-corrected chi connectivity index (χ0v) is 24.4. The Kier molecular flexibility index (Phi) is 5.19. The van der Waals surface area contributed by atoms with E-state index in [0.717, 1.165) is 87.9 Å². The average molecular weight is 590 g/mol. The molecule has 6 heteroatoms. The molecule has 0 fully saturated rings. The van der Waals surface area contributed by atoms with Crippen LogP contribution >= 0.6 is 0 Å². The van der Waals surface area contributed by atoms with Gasteiger partial charge in [0.15, 0.2) is 5.82 Å². The molecule has 0 saturated heterocycles. The fourth-order valence-corrected chi connectivity index (χ4v) is 6.72. The molecule has 7 aromatic carbocycles. The van der Waals surface area contributed by atoms with E-state index in [1.165, 1.54) is 0 Å². The van der Waals surface area contributed by atoms with Crippen LogP contribution in [0.3, 0.4) is 0 Å². The molecule has 3 heterocycles. The van der Waals surface area contributed by atoms with Crippen LogP contribution < -0.4 is 0 Å². The van der Waals surface area contributed by atoms with E-state index in [1.807, 2.05) is 78.9 Å². The Hall–Kier alpha value is -6.40. The molecule has 0 saturated carbocycles. The lowest BCUT2D eigenvalue weighted by Crippen LogP contribution is -1.97. The van der Waals surface area contributed by atoms with Gasteiger partial charge in [0.05, 0.1) is 16.9 Å². The van der Waals surface area contributed by atoms with Crippen molar-refractivity contribution in [1.82, 2.24) is 25.0 Å². The van der Waals surface area contributed by atoms with Gasteiger partial charge >= 0.3 is 0 Å². The van der Waals surface area contributed by atoms with Gasteiger partial charge in [0.1, 0.15) is 22.2 Å². The molecule has 0 spiro atoms. The van der Waals surface area contributed by atoms with Gasteiger partial charge < -0.3 is 4.42 Å². The third kappa shape index (κ3) is 3.70. The number of nitrogens with zero attached hydrogens (tertiary/aromatic N) is 5. The van der Waals surface area contributed by atoms with Crippen LogP contribution in [0, 0.1) is 0 Å². The van der Waals surface area contributed by atoms with Crippen molar-refractivity contribution < 1.29 is 4.42 Å². The summed E-state index contributed by atoms with van der Waals surface area (Å²) in [5.41, 5.74) is 8.05. The van der Waals surface area contributed by atoms with Crippen molar-refractivity contribution in [2.24, 2.45) is 0 Å². The van der Waals surface area contributed by atoms with Crippen LogP contribution in [0.4, 0.5) is 0 Å². The summed E-state index contributed by atoms with van der Waals surface area (Å²) in [6.07, 6.45) is 0. The van der Waals surface area contributed by atoms with Crippen molar-refractivity contribution in [2.75, 3.05) is 0 Å². The first-order chi connectivity index (χ1) is 22.8.